The topological polar surface area (TPSA) is 58.9 Å². The fraction of sp³-hybridized carbons (Fsp3) is 0.143. The van der Waals surface area contributed by atoms with Crippen LogP contribution in [-0.4, -0.2) is 17.3 Å². The minimum absolute atomic E-state index is 0.106. The molecule has 0 saturated carbocycles. The number of rotatable bonds is 5. The van der Waals surface area contributed by atoms with Crippen molar-refractivity contribution in [2.24, 2.45) is 0 Å². The lowest BCUT2D eigenvalue weighted by Crippen LogP contribution is -2.24. The molecule has 2 N–H and O–H groups in total. The maximum Gasteiger partial charge on any atom is 0.429 e. The summed E-state index contributed by atoms with van der Waals surface area (Å²) < 4.78 is 118. The smallest absolute Gasteiger partial charge is 0.429 e. The van der Waals surface area contributed by atoms with E-state index in [1.165, 1.54) is 7.11 Å². The summed E-state index contributed by atoms with van der Waals surface area (Å²) >= 11 is 0. The van der Waals surface area contributed by atoms with Gasteiger partial charge in [0, 0.05) is 24.3 Å². The van der Waals surface area contributed by atoms with Gasteiger partial charge >= 0.3 is 12.3 Å². The van der Waals surface area contributed by atoms with Crippen molar-refractivity contribution >= 4 is 0 Å². The van der Waals surface area contributed by atoms with Crippen LogP contribution in [0.15, 0.2) is 42.5 Å². The Hall–Kier alpha value is -3.70. The number of phenols is 2. The first-order valence-corrected chi connectivity index (χ1v) is 8.78. The third kappa shape index (κ3) is 4.73. The van der Waals surface area contributed by atoms with E-state index in [1.807, 2.05) is 0 Å². The molecule has 0 aliphatic rings. The third-order valence-electron chi connectivity index (χ3n) is 4.40. The van der Waals surface area contributed by atoms with Crippen LogP contribution >= 0.6 is 0 Å². The normalized spacial score (nSPS) is 12.0. The molecular weight excluding hydrogens is 468 g/mol. The first kappa shape index (κ1) is 24.0. The van der Waals surface area contributed by atoms with Gasteiger partial charge in [-0.3, -0.25) is 0 Å². The second-order valence-corrected chi connectivity index (χ2v) is 6.62. The molecule has 0 amide bonds. The summed E-state index contributed by atoms with van der Waals surface area (Å²) in [5.41, 5.74) is -3.99. The number of hydrogen-bond donors (Lipinski definition) is 2. The molecule has 12 heteroatoms. The van der Waals surface area contributed by atoms with Crippen molar-refractivity contribution in [3.63, 3.8) is 0 Å². The molecule has 0 unspecified atom stereocenters. The van der Waals surface area contributed by atoms with E-state index in [0.717, 1.165) is 18.2 Å². The molecule has 0 aliphatic heterocycles. The monoisotopic (exact) mass is 480 g/mol. The molecule has 176 valence electrons. The molecule has 4 nitrogen and oxygen atoms in total. The van der Waals surface area contributed by atoms with Crippen LogP contribution in [-0.2, 0) is 12.3 Å². The van der Waals surface area contributed by atoms with E-state index >= 15 is 0 Å². The van der Waals surface area contributed by atoms with Gasteiger partial charge in [0.2, 0.25) is 0 Å². The van der Waals surface area contributed by atoms with Crippen molar-refractivity contribution < 1.29 is 54.8 Å². The van der Waals surface area contributed by atoms with Crippen molar-refractivity contribution in [2.45, 2.75) is 12.3 Å². The molecule has 3 aromatic carbocycles. The first-order chi connectivity index (χ1) is 15.2. The predicted octanol–water partition coefficient (Wildman–Crippen LogP) is 6.34. The molecule has 0 heterocycles. The Morgan fingerprint density at radius 2 is 1.39 bits per heavy atom. The molecule has 33 heavy (non-hydrogen) atoms. The fourth-order valence-electron chi connectivity index (χ4n) is 3.03. The van der Waals surface area contributed by atoms with Crippen LogP contribution in [0, 0.1) is 17.5 Å². The van der Waals surface area contributed by atoms with E-state index in [2.05, 4.69) is 4.74 Å². The number of phenolic OH excluding ortho intramolecular Hbond substituents is 2. The summed E-state index contributed by atoms with van der Waals surface area (Å²) in [5.74, 6) is -8.35. The first-order valence-electron chi connectivity index (χ1n) is 8.78. The summed E-state index contributed by atoms with van der Waals surface area (Å²) in [6.45, 7) is 0. The van der Waals surface area contributed by atoms with Gasteiger partial charge in [-0.2, -0.15) is 22.0 Å². The average Bonchev–Trinajstić information content (AvgIpc) is 2.64. The van der Waals surface area contributed by atoms with Crippen LogP contribution in [0.5, 0.6) is 23.0 Å². The van der Waals surface area contributed by atoms with Crippen molar-refractivity contribution in [3.05, 3.63) is 71.0 Å². The van der Waals surface area contributed by atoms with Gasteiger partial charge in [0.15, 0.2) is 0 Å². The maximum atomic E-state index is 14.5. The largest absolute Gasteiger partial charge is 0.508 e. The van der Waals surface area contributed by atoms with E-state index in [4.69, 9.17) is 4.74 Å². The van der Waals surface area contributed by atoms with Gasteiger partial charge in [0.05, 0.1) is 18.2 Å². The Kier molecular flexibility index (Phi) is 6.05. The van der Waals surface area contributed by atoms with E-state index in [-0.39, 0.29) is 34.8 Å². The van der Waals surface area contributed by atoms with Crippen molar-refractivity contribution in [1.82, 2.24) is 0 Å². The van der Waals surface area contributed by atoms with Crippen molar-refractivity contribution in [2.75, 3.05) is 7.11 Å². The van der Waals surface area contributed by atoms with Gasteiger partial charge in [0.1, 0.15) is 46.0 Å². The lowest BCUT2D eigenvalue weighted by molar-refractivity contribution is -0.187. The summed E-state index contributed by atoms with van der Waals surface area (Å²) in [5, 5.41) is 19.5. The Morgan fingerprint density at radius 1 is 0.788 bits per heavy atom. The highest BCUT2D eigenvalue weighted by atomic mass is 19.4. The maximum absolute atomic E-state index is 14.5. The van der Waals surface area contributed by atoms with Crippen molar-refractivity contribution in [1.29, 1.82) is 0 Å². The molecule has 0 radical (unpaired) electrons. The van der Waals surface area contributed by atoms with Gasteiger partial charge in [0.25, 0.3) is 0 Å². The number of hydrogen-bond acceptors (Lipinski definition) is 4. The van der Waals surface area contributed by atoms with Crippen molar-refractivity contribution in [3.8, 4) is 34.1 Å². The zero-order valence-corrected chi connectivity index (χ0v) is 16.3. The van der Waals surface area contributed by atoms with Gasteiger partial charge in [-0.15, -0.1) is 0 Å². The minimum Gasteiger partial charge on any atom is -0.508 e. The Balaban J connectivity index is 1.98. The molecule has 0 saturated heterocycles. The Labute approximate surface area is 180 Å². The van der Waals surface area contributed by atoms with Crippen LogP contribution in [0.3, 0.4) is 0 Å². The summed E-state index contributed by atoms with van der Waals surface area (Å²) in [6.07, 6.45) is -9.97. The number of benzene rings is 3. The van der Waals surface area contributed by atoms with E-state index in [1.54, 1.807) is 0 Å². The van der Waals surface area contributed by atoms with E-state index < -0.39 is 52.4 Å². The van der Waals surface area contributed by atoms with Gasteiger partial charge < -0.3 is 19.7 Å². The molecule has 0 aromatic heterocycles. The van der Waals surface area contributed by atoms with Crippen LogP contribution in [0.4, 0.5) is 35.1 Å². The van der Waals surface area contributed by atoms with E-state index in [9.17, 15) is 45.3 Å². The average molecular weight is 480 g/mol. The lowest BCUT2D eigenvalue weighted by atomic mass is 10.0. The molecule has 0 bridgehead atoms. The highest BCUT2D eigenvalue weighted by Gasteiger charge is 2.41. The quantitative estimate of drug-likeness (QED) is 0.419. The summed E-state index contributed by atoms with van der Waals surface area (Å²) in [6, 6.07) is 3.79. The zero-order chi connectivity index (χ0) is 24.7. The number of halogens is 8. The highest BCUT2D eigenvalue weighted by Crippen LogP contribution is 2.43. The second-order valence-electron chi connectivity index (χ2n) is 6.62. The summed E-state index contributed by atoms with van der Waals surface area (Å²) in [4.78, 5) is 0. The lowest BCUT2D eigenvalue weighted by Gasteiger charge is -2.20. The number of alkyl halides is 5. The SMILES string of the molecule is COc1cc(O)cc(O)c1-c1ccc(C(F)(F)Oc2cc(F)c(C(F)(F)F)c(F)c2)c(F)c1. The molecular formula is C21H12F8O4. The number of ether oxygens (including phenoxy) is 2. The number of methoxy groups -OCH3 is 1. The Bertz CT molecular complexity index is 1180. The molecule has 0 aliphatic carbocycles. The van der Waals surface area contributed by atoms with Crippen LogP contribution in [0.1, 0.15) is 11.1 Å². The highest BCUT2D eigenvalue weighted by molar-refractivity contribution is 5.78. The van der Waals surface area contributed by atoms with Crippen LogP contribution in [0.2, 0.25) is 0 Å². The molecule has 3 rings (SSSR count). The second kappa shape index (κ2) is 8.34. The molecule has 3 aromatic rings. The van der Waals surface area contributed by atoms with Gasteiger partial charge in [-0.25, -0.2) is 13.2 Å². The standard InChI is InChI=1S/C21H12F8O4/c1-32-17-6-10(30)5-16(31)18(17)9-2-3-12(13(22)4-9)21(28,29)33-11-7-14(23)19(15(24)8-11)20(25,26)27/h2-8,30-31H,1H3. The third-order valence-corrected chi connectivity index (χ3v) is 4.40. The Morgan fingerprint density at radius 3 is 1.91 bits per heavy atom. The van der Waals surface area contributed by atoms with Gasteiger partial charge in [-0.05, 0) is 17.7 Å². The van der Waals surface area contributed by atoms with Crippen LogP contribution in [0.25, 0.3) is 11.1 Å². The fourth-order valence-corrected chi connectivity index (χ4v) is 3.03. The molecule has 0 atom stereocenters. The molecule has 0 spiro atoms. The molecule has 0 fully saturated rings. The van der Waals surface area contributed by atoms with Gasteiger partial charge in [-0.1, -0.05) is 6.07 Å². The van der Waals surface area contributed by atoms with Crippen LogP contribution < -0.4 is 9.47 Å². The number of aromatic hydroxyl groups is 2. The minimum atomic E-state index is -5.42. The predicted molar refractivity (Wildman–Crippen MR) is 97.6 cm³/mol. The van der Waals surface area contributed by atoms with E-state index in [0.29, 0.717) is 12.1 Å². The summed E-state index contributed by atoms with van der Waals surface area (Å²) in [7, 11) is 1.17. The zero-order valence-electron chi connectivity index (χ0n) is 16.3.